The van der Waals surface area contributed by atoms with E-state index in [2.05, 4.69) is 18.0 Å². The third kappa shape index (κ3) is 1.94. The minimum absolute atomic E-state index is 0.826. The molecular weight excluding hydrogens is 196 g/mol. The predicted octanol–water partition coefficient (Wildman–Crippen LogP) is 3.77. The van der Waals surface area contributed by atoms with Gasteiger partial charge in [0, 0.05) is 16.6 Å². The van der Waals surface area contributed by atoms with E-state index < -0.39 is 0 Å². The molecule has 0 saturated carbocycles. The number of rotatable bonds is 4. The Balaban J connectivity index is 2.34. The molecule has 0 fully saturated rings. The van der Waals surface area contributed by atoms with Crippen LogP contribution in [0, 0.1) is 11.3 Å². The van der Waals surface area contributed by atoms with Crippen LogP contribution in [0.2, 0.25) is 0 Å². The first-order valence-corrected chi connectivity index (χ1v) is 5.86. The molecule has 0 unspecified atom stereocenters. The van der Waals surface area contributed by atoms with Gasteiger partial charge < -0.3 is 4.98 Å². The average Bonchev–Trinajstić information content (AvgIpc) is 2.67. The summed E-state index contributed by atoms with van der Waals surface area (Å²) in [7, 11) is 0. The highest BCUT2D eigenvalue weighted by molar-refractivity contribution is 5.87. The summed E-state index contributed by atoms with van der Waals surface area (Å²) in [6.07, 6.45) is 4.56. The minimum Gasteiger partial charge on any atom is -0.357 e. The molecule has 1 heterocycles. The summed E-state index contributed by atoms with van der Waals surface area (Å²) >= 11 is 0. The normalized spacial score (nSPS) is 10.5. The van der Waals surface area contributed by atoms with Crippen LogP contribution in [0.5, 0.6) is 0 Å². The predicted molar refractivity (Wildman–Crippen MR) is 66.2 cm³/mol. The van der Waals surface area contributed by atoms with Gasteiger partial charge in [-0.15, -0.1) is 0 Å². The Morgan fingerprint density at radius 2 is 2.06 bits per heavy atom. The van der Waals surface area contributed by atoms with Crippen molar-refractivity contribution in [2.45, 2.75) is 32.6 Å². The van der Waals surface area contributed by atoms with Crippen LogP contribution in [-0.4, -0.2) is 4.98 Å². The van der Waals surface area contributed by atoms with Crippen molar-refractivity contribution in [1.29, 1.82) is 5.26 Å². The smallest absolute Gasteiger partial charge is 0.102 e. The second-order valence-electron chi connectivity index (χ2n) is 4.09. The molecule has 0 bridgehead atoms. The zero-order valence-electron chi connectivity index (χ0n) is 9.59. The van der Waals surface area contributed by atoms with E-state index in [0.717, 1.165) is 35.0 Å². The fourth-order valence-corrected chi connectivity index (χ4v) is 2.06. The van der Waals surface area contributed by atoms with Gasteiger partial charge in [-0.25, -0.2) is 0 Å². The maximum Gasteiger partial charge on any atom is 0.102 e. The summed E-state index contributed by atoms with van der Waals surface area (Å²) in [6.45, 7) is 2.19. The molecule has 1 N–H and O–H groups in total. The molecule has 0 aliphatic rings. The Bertz CT molecular complexity index is 517. The standard InChI is InChI=1S/C14H16N2/c1-2-3-4-8-14-12(10-15)11-7-5-6-9-13(11)16-14/h5-7,9,16H,2-4,8H2,1H3. The lowest BCUT2D eigenvalue weighted by Crippen LogP contribution is -1.88. The number of aryl methyl sites for hydroxylation is 1. The van der Waals surface area contributed by atoms with Gasteiger partial charge in [0.25, 0.3) is 0 Å². The van der Waals surface area contributed by atoms with Crippen molar-refractivity contribution < 1.29 is 0 Å². The monoisotopic (exact) mass is 212 g/mol. The van der Waals surface area contributed by atoms with Crippen LogP contribution in [-0.2, 0) is 6.42 Å². The molecule has 0 radical (unpaired) electrons. The van der Waals surface area contributed by atoms with Crippen LogP contribution < -0.4 is 0 Å². The lowest BCUT2D eigenvalue weighted by atomic mass is 10.1. The van der Waals surface area contributed by atoms with Gasteiger partial charge in [0.15, 0.2) is 0 Å². The van der Waals surface area contributed by atoms with E-state index in [4.69, 9.17) is 0 Å². The van der Waals surface area contributed by atoms with Gasteiger partial charge in [-0.1, -0.05) is 38.0 Å². The van der Waals surface area contributed by atoms with Crippen molar-refractivity contribution in [3.05, 3.63) is 35.5 Å². The van der Waals surface area contributed by atoms with Crippen molar-refractivity contribution in [2.75, 3.05) is 0 Å². The van der Waals surface area contributed by atoms with Gasteiger partial charge in [0.1, 0.15) is 6.07 Å². The summed E-state index contributed by atoms with van der Waals surface area (Å²) in [5.74, 6) is 0. The molecule has 1 aromatic heterocycles. The number of unbranched alkanes of at least 4 members (excludes halogenated alkanes) is 2. The van der Waals surface area contributed by atoms with Gasteiger partial charge in [-0.05, 0) is 18.9 Å². The number of fused-ring (bicyclic) bond motifs is 1. The second-order valence-corrected chi connectivity index (χ2v) is 4.09. The number of nitrogens with zero attached hydrogens (tertiary/aromatic N) is 1. The Morgan fingerprint density at radius 3 is 2.81 bits per heavy atom. The lowest BCUT2D eigenvalue weighted by molar-refractivity contribution is 0.709. The van der Waals surface area contributed by atoms with Crippen LogP contribution in [0.4, 0.5) is 0 Å². The topological polar surface area (TPSA) is 39.6 Å². The van der Waals surface area contributed by atoms with Gasteiger partial charge in [-0.2, -0.15) is 5.26 Å². The Kier molecular flexibility index (Phi) is 3.26. The van der Waals surface area contributed by atoms with Crippen LogP contribution in [0.3, 0.4) is 0 Å². The van der Waals surface area contributed by atoms with Gasteiger partial charge in [0.2, 0.25) is 0 Å². The number of H-pyrrole nitrogens is 1. The quantitative estimate of drug-likeness (QED) is 0.770. The number of benzene rings is 1. The molecule has 82 valence electrons. The van der Waals surface area contributed by atoms with Crippen molar-refractivity contribution >= 4 is 10.9 Å². The largest absolute Gasteiger partial charge is 0.357 e. The van der Waals surface area contributed by atoms with Crippen molar-refractivity contribution in [2.24, 2.45) is 0 Å². The first-order chi connectivity index (χ1) is 7.86. The zero-order valence-corrected chi connectivity index (χ0v) is 9.59. The average molecular weight is 212 g/mol. The van der Waals surface area contributed by atoms with Gasteiger partial charge in [-0.3, -0.25) is 0 Å². The summed E-state index contributed by atoms with van der Waals surface area (Å²) in [5.41, 5.74) is 2.99. The highest BCUT2D eigenvalue weighted by Gasteiger charge is 2.09. The van der Waals surface area contributed by atoms with E-state index in [-0.39, 0.29) is 0 Å². The summed E-state index contributed by atoms with van der Waals surface area (Å²) in [6, 6.07) is 10.3. The molecule has 2 heteroatoms. The number of nitriles is 1. The summed E-state index contributed by atoms with van der Waals surface area (Å²) in [4.78, 5) is 3.35. The molecule has 2 nitrogen and oxygen atoms in total. The van der Waals surface area contributed by atoms with Crippen molar-refractivity contribution in [3.63, 3.8) is 0 Å². The number of hydrogen-bond acceptors (Lipinski definition) is 1. The molecule has 0 saturated heterocycles. The minimum atomic E-state index is 0.826. The van der Waals surface area contributed by atoms with E-state index in [1.807, 2.05) is 24.3 Å². The number of aromatic amines is 1. The molecule has 16 heavy (non-hydrogen) atoms. The molecule has 2 rings (SSSR count). The first kappa shape index (κ1) is 10.8. The maximum absolute atomic E-state index is 9.19. The zero-order chi connectivity index (χ0) is 11.4. The molecule has 0 amide bonds. The molecule has 0 aliphatic carbocycles. The highest BCUT2D eigenvalue weighted by atomic mass is 14.7. The highest BCUT2D eigenvalue weighted by Crippen LogP contribution is 2.22. The van der Waals surface area contributed by atoms with E-state index in [1.165, 1.54) is 12.8 Å². The third-order valence-electron chi connectivity index (χ3n) is 2.93. The van der Waals surface area contributed by atoms with Crippen LogP contribution in [0.15, 0.2) is 24.3 Å². The van der Waals surface area contributed by atoms with Crippen molar-refractivity contribution in [1.82, 2.24) is 4.98 Å². The first-order valence-electron chi connectivity index (χ1n) is 5.86. The van der Waals surface area contributed by atoms with Crippen LogP contribution >= 0.6 is 0 Å². The van der Waals surface area contributed by atoms with Gasteiger partial charge >= 0.3 is 0 Å². The van der Waals surface area contributed by atoms with Crippen LogP contribution in [0.1, 0.15) is 37.4 Å². The third-order valence-corrected chi connectivity index (χ3v) is 2.93. The van der Waals surface area contributed by atoms with E-state index >= 15 is 0 Å². The molecule has 1 aromatic carbocycles. The number of aromatic nitrogens is 1. The van der Waals surface area contributed by atoms with E-state index in [0.29, 0.717) is 0 Å². The van der Waals surface area contributed by atoms with E-state index in [1.54, 1.807) is 0 Å². The SMILES string of the molecule is CCCCCc1[nH]c2ccccc2c1C#N. The maximum atomic E-state index is 9.19. The Morgan fingerprint density at radius 1 is 1.25 bits per heavy atom. The summed E-state index contributed by atoms with van der Waals surface area (Å²) in [5, 5.41) is 10.2. The molecule has 0 aliphatic heterocycles. The Labute approximate surface area is 95.9 Å². The van der Waals surface area contributed by atoms with Gasteiger partial charge in [0.05, 0.1) is 5.56 Å². The number of nitrogens with one attached hydrogen (secondary N) is 1. The number of para-hydroxylation sites is 1. The molecule has 2 aromatic rings. The molecule has 0 atom stereocenters. The fraction of sp³-hybridized carbons (Fsp3) is 0.357. The second kappa shape index (κ2) is 4.85. The van der Waals surface area contributed by atoms with Crippen LogP contribution in [0.25, 0.3) is 10.9 Å². The van der Waals surface area contributed by atoms with Crippen molar-refractivity contribution in [3.8, 4) is 6.07 Å². The fourth-order valence-electron chi connectivity index (χ4n) is 2.06. The Hall–Kier alpha value is -1.75. The molecule has 0 spiro atoms. The van der Waals surface area contributed by atoms with E-state index in [9.17, 15) is 5.26 Å². The summed E-state index contributed by atoms with van der Waals surface area (Å²) < 4.78 is 0. The molecular formula is C14H16N2. The number of hydrogen-bond donors (Lipinski definition) is 1. The lowest BCUT2D eigenvalue weighted by Gasteiger charge is -1.97.